The molecule has 0 aromatic heterocycles. The fraction of sp³-hybridized carbons (Fsp3) is 0.429. The minimum atomic E-state index is -0.675. The number of ether oxygens (including phenoxy) is 2. The van der Waals surface area contributed by atoms with Crippen molar-refractivity contribution in [2.75, 3.05) is 25.6 Å². The molecule has 2 aromatic rings. The van der Waals surface area contributed by atoms with E-state index in [4.69, 9.17) is 50.0 Å². The molecule has 0 saturated heterocycles. The summed E-state index contributed by atoms with van der Waals surface area (Å²) in [6.07, 6.45) is 0.0450. The number of nitrogens with two attached hydrogens (primary N) is 1. The molecule has 0 aliphatic heterocycles. The van der Waals surface area contributed by atoms with Crippen LogP contribution in [0.25, 0.3) is 0 Å². The number of hydrogen-bond donors (Lipinski definition) is 2. The molecule has 0 heterocycles. The third kappa shape index (κ3) is 5.91. The SMILES string of the molecule is CC(C)(c1ccc(OC[C@H](O)CN)cc1)c1cc(Cl)c(OCCCCl)c(Cl)c1. The van der Waals surface area contributed by atoms with Gasteiger partial charge >= 0.3 is 0 Å². The molecule has 3 N–H and O–H groups in total. The van der Waals surface area contributed by atoms with E-state index < -0.39 is 6.10 Å². The van der Waals surface area contributed by atoms with Crippen LogP contribution in [0.5, 0.6) is 11.5 Å². The Morgan fingerprint density at radius 2 is 1.64 bits per heavy atom. The van der Waals surface area contributed by atoms with Crippen molar-refractivity contribution in [2.45, 2.75) is 31.8 Å². The maximum Gasteiger partial charge on any atom is 0.156 e. The van der Waals surface area contributed by atoms with E-state index in [9.17, 15) is 5.11 Å². The smallest absolute Gasteiger partial charge is 0.156 e. The molecular formula is C21H26Cl3NO3. The van der Waals surface area contributed by atoms with Crippen LogP contribution in [0, 0.1) is 0 Å². The summed E-state index contributed by atoms with van der Waals surface area (Å²) in [6, 6.07) is 11.5. The quantitative estimate of drug-likeness (QED) is 0.397. The van der Waals surface area contributed by atoms with Crippen LogP contribution in [-0.2, 0) is 5.41 Å². The van der Waals surface area contributed by atoms with Gasteiger partial charge in [-0.25, -0.2) is 0 Å². The van der Waals surface area contributed by atoms with Crippen LogP contribution in [0.15, 0.2) is 36.4 Å². The lowest BCUT2D eigenvalue weighted by atomic mass is 9.78. The zero-order valence-electron chi connectivity index (χ0n) is 16.1. The van der Waals surface area contributed by atoms with Crippen molar-refractivity contribution >= 4 is 34.8 Å². The Bertz CT molecular complexity index is 743. The molecular weight excluding hydrogens is 421 g/mol. The van der Waals surface area contributed by atoms with Gasteiger partial charge in [-0.1, -0.05) is 49.2 Å². The van der Waals surface area contributed by atoms with Crippen LogP contribution in [-0.4, -0.2) is 36.8 Å². The fourth-order valence-corrected chi connectivity index (χ4v) is 3.39. The van der Waals surface area contributed by atoms with Crippen LogP contribution in [0.4, 0.5) is 0 Å². The second-order valence-corrected chi connectivity index (χ2v) is 8.20. The highest BCUT2D eigenvalue weighted by atomic mass is 35.5. The highest BCUT2D eigenvalue weighted by Gasteiger charge is 2.25. The number of benzene rings is 2. The fourth-order valence-electron chi connectivity index (χ4n) is 2.68. The van der Waals surface area contributed by atoms with E-state index in [-0.39, 0.29) is 18.6 Å². The molecule has 154 valence electrons. The first kappa shape index (κ1) is 23.1. The van der Waals surface area contributed by atoms with Crippen molar-refractivity contribution in [1.29, 1.82) is 0 Å². The molecule has 7 heteroatoms. The van der Waals surface area contributed by atoms with Crippen molar-refractivity contribution < 1.29 is 14.6 Å². The Kier molecular flexibility index (Phi) is 8.72. The van der Waals surface area contributed by atoms with Crippen LogP contribution in [0.1, 0.15) is 31.4 Å². The summed E-state index contributed by atoms with van der Waals surface area (Å²) in [7, 11) is 0. The Labute approximate surface area is 181 Å². The molecule has 4 nitrogen and oxygen atoms in total. The molecule has 0 unspecified atom stereocenters. The molecule has 0 fully saturated rings. The Hall–Kier alpha value is -1.17. The number of halogens is 3. The summed E-state index contributed by atoms with van der Waals surface area (Å²) in [6.45, 7) is 4.98. The van der Waals surface area contributed by atoms with E-state index in [1.54, 1.807) is 0 Å². The van der Waals surface area contributed by atoms with E-state index in [0.717, 1.165) is 17.5 Å². The summed E-state index contributed by atoms with van der Waals surface area (Å²) in [5, 5.41) is 10.4. The maximum atomic E-state index is 9.50. The summed E-state index contributed by atoms with van der Waals surface area (Å²) in [5.74, 6) is 1.67. The maximum absolute atomic E-state index is 9.50. The van der Waals surface area contributed by atoms with Crippen molar-refractivity contribution in [3.63, 3.8) is 0 Å². The number of hydrogen-bond acceptors (Lipinski definition) is 4. The lowest BCUT2D eigenvalue weighted by molar-refractivity contribution is 0.114. The Balaban J connectivity index is 2.19. The van der Waals surface area contributed by atoms with Gasteiger partial charge in [0.15, 0.2) is 5.75 Å². The number of alkyl halides is 1. The standard InChI is InChI=1S/C21H26Cl3NO3/c1-21(2,14-4-6-17(7-5-14)28-13-16(26)12-25)15-10-18(23)20(19(24)11-15)27-9-3-8-22/h4-7,10-11,16,26H,3,8-9,12-13,25H2,1-2H3/t16-/m1/s1. The molecule has 0 aliphatic rings. The number of aliphatic hydroxyl groups excluding tert-OH is 1. The average Bonchev–Trinajstić information content (AvgIpc) is 2.68. The predicted octanol–water partition coefficient (Wildman–Crippen LogP) is 5.03. The van der Waals surface area contributed by atoms with Gasteiger partial charge in [-0.2, -0.15) is 0 Å². The molecule has 0 radical (unpaired) electrons. The Morgan fingerprint density at radius 1 is 1.04 bits per heavy atom. The first-order valence-electron chi connectivity index (χ1n) is 9.09. The van der Waals surface area contributed by atoms with Gasteiger partial charge in [-0.05, 0) is 41.8 Å². The van der Waals surface area contributed by atoms with E-state index in [1.165, 1.54) is 0 Å². The molecule has 0 amide bonds. The van der Waals surface area contributed by atoms with Crippen molar-refractivity contribution in [2.24, 2.45) is 5.73 Å². The number of aliphatic hydroxyl groups is 1. The van der Waals surface area contributed by atoms with Gasteiger partial charge in [-0.15, -0.1) is 11.6 Å². The lowest BCUT2D eigenvalue weighted by Gasteiger charge is -2.27. The molecule has 2 aromatic carbocycles. The monoisotopic (exact) mass is 445 g/mol. The van der Waals surface area contributed by atoms with E-state index in [1.807, 2.05) is 36.4 Å². The van der Waals surface area contributed by atoms with Gasteiger partial charge in [0.25, 0.3) is 0 Å². The third-order valence-corrected chi connectivity index (χ3v) is 5.36. The largest absolute Gasteiger partial charge is 0.491 e. The average molecular weight is 447 g/mol. The molecule has 0 aliphatic carbocycles. The summed E-state index contributed by atoms with van der Waals surface area (Å²) in [4.78, 5) is 0. The van der Waals surface area contributed by atoms with Crippen LogP contribution in [0.2, 0.25) is 10.0 Å². The highest BCUT2D eigenvalue weighted by molar-refractivity contribution is 6.37. The lowest BCUT2D eigenvalue weighted by Crippen LogP contribution is -2.26. The summed E-state index contributed by atoms with van der Waals surface area (Å²) in [5.41, 5.74) is 7.09. The zero-order valence-corrected chi connectivity index (χ0v) is 18.3. The molecule has 0 saturated carbocycles. The van der Waals surface area contributed by atoms with E-state index in [2.05, 4.69) is 13.8 Å². The normalized spacial score (nSPS) is 12.7. The third-order valence-electron chi connectivity index (χ3n) is 4.53. The predicted molar refractivity (Wildman–Crippen MR) is 116 cm³/mol. The van der Waals surface area contributed by atoms with Gasteiger partial charge in [0, 0.05) is 17.8 Å². The zero-order chi connectivity index (χ0) is 20.7. The van der Waals surface area contributed by atoms with E-state index >= 15 is 0 Å². The van der Waals surface area contributed by atoms with Gasteiger partial charge in [-0.3, -0.25) is 0 Å². The number of rotatable bonds is 10. The topological polar surface area (TPSA) is 64.7 Å². The first-order chi connectivity index (χ1) is 13.3. The van der Waals surface area contributed by atoms with Gasteiger partial charge < -0.3 is 20.3 Å². The molecule has 0 bridgehead atoms. The molecule has 28 heavy (non-hydrogen) atoms. The second-order valence-electron chi connectivity index (χ2n) is 7.01. The van der Waals surface area contributed by atoms with Crippen molar-refractivity contribution in [3.8, 4) is 11.5 Å². The van der Waals surface area contributed by atoms with Crippen LogP contribution in [0.3, 0.4) is 0 Å². The second kappa shape index (κ2) is 10.6. The highest BCUT2D eigenvalue weighted by Crippen LogP contribution is 2.40. The first-order valence-corrected chi connectivity index (χ1v) is 10.4. The molecule has 2 rings (SSSR count). The minimum absolute atomic E-state index is 0.162. The summed E-state index contributed by atoms with van der Waals surface area (Å²) >= 11 is 18.5. The van der Waals surface area contributed by atoms with E-state index in [0.29, 0.717) is 34.0 Å². The van der Waals surface area contributed by atoms with Crippen molar-refractivity contribution in [3.05, 3.63) is 57.6 Å². The molecule has 1 atom stereocenters. The Morgan fingerprint density at radius 3 is 2.18 bits per heavy atom. The van der Waals surface area contributed by atoms with Gasteiger partial charge in [0.05, 0.1) is 16.7 Å². The van der Waals surface area contributed by atoms with Crippen LogP contribution < -0.4 is 15.2 Å². The van der Waals surface area contributed by atoms with Gasteiger partial charge in [0.2, 0.25) is 0 Å². The minimum Gasteiger partial charge on any atom is -0.491 e. The van der Waals surface area contributed by atoms with Crippen LogP contribution >= 0.6 is 34.8 Å². The van der Waals surface area contributed by atoms with Crippen molar-refractivity contribution in [1.82, 2.24) is 0 Å². The van der Waals surface area contributed by atoms with Gasteiger partial charge in [0.1, 0.15) is 18.5 Å². The summed E-state index contributed by atoms with van der Waals surface area (Å²) < 4.78 is 11.2. The molecule has 0 spiro atoms.